The molecule has 0 saturated heterocycles. The molecule has 2 N–H and O–H groups in total. The van der Waals surface area contributed by atoms with Crippen LogP contribution in [0.1, 0.15) is 110 Å². The van der Waals surface area contributed by atoms with Crippen LogP contribution in [0.5, 0.6) is 0 Å². The van der Waals surface area contributed by atoms with Gasteiger partial charge >= 0.3 is 0 Å². The Balaban J connectivity index is 1.60. The van der Waals surface area contributed by atoms with Crippen LogP contribution >= 0.6 is 0 Å². The topological polar surface area (TPSA) is 57.5 Å². The number of carbonyl (C=O) groups excluding carboxylic acids is 1. The first-order valence-corrected chi connectivity index (χ1v) is 12.2. The van der Waals surface area contributed by atoms with Gasteiger partial charge in [-0.05, 0) is 48.8 Å². The Morgan fingerprint density at radius 1 is 0.774 bits per heavy atom. The van der Waals surface area contributed by atoms with Crippen LogP contribution in [0.15, 0.2) is 42.5 Å². The summed E-state index contributed by atoms with van der Waals surface area (Å²) in [6, 6.07) is 13.5. The van der Waals surface area contributed by atoms with Crippen molar-refractivity contribution < 1.29 is 15.0 Å². The Labute approximate surface area is 186 Å². The van der Waals surface area contributed by atoms with Gasteiger partial charge in [-0.1, -0.05) is 94.3 Å². The highest BCUT2D eigenvalue weighted by Crippen LogP contribution is 2.39. The van der Waals surface area contributed by atoms with Crippen molar-refractivity contribution in [2.45, 2.75) is 95.2 Å². The fourth-order valence-corrected chi connectivity index (χ4v) is 5.52. The number of aryl methyl sites for hydroxylation is 1. The van der Waals surface area contributed by atoms with Crippen LogP contribution in [0.25, 0.3) is 0 Å². The third kappa shape index (κ3) is 4.63. The summed E-state index contributed by atoms with van der Waals surface area (Å²) in [7, 11) is 0. The van der Waals surface area contributed by atoms with Gasteiger partial charge in [-0.25, -0.2) is 0 Å². The maximum absolute atomic E-state index is 13.4. The van der Waals surface area contributed by atoms with Crippen LogP contribution in [0.2, 0.25) is 0 Å². The first-order valence-electron chi connectivity index (χ1n) is 12.2. The zero-order valence-corrected chi connectivity index (χ0v) is 18.8. The van der Waals surface area contributed by atoms with Gasteiger partial charge in [0.05, 0.1) is 11.2 Å². The van der Waals surface area contributed by atoms with E-state index in [2.05, 4.69) is 13.0 Å². The molecule has 2 fully saturated rings. The number of benzene rings is 2. The number of aliphatic hydroxyl groups is 2. The van der Waals surface area contributed by atoms with Crippen molar-refractivity contribution in [1.82, 2.24) is 0 Å². The first kappa shape index (κ1) is 22.2. The van der Waals surface area contributed by atoms with E-state index in [1.165, 1.54) is 12.8 Å². The standard InChI is InChI=1S/C28H36O3/c1-2-9-22-20-24(28(31)18-7-4-8-19-28)14-15-25(22)26(29)21-10-12-23(13-11-21)27(30)16-5-3-6-17-27/h10-15,20,30-31H,2-9,16-19H2,1H3. The van der Waals surface area contributed by atoms with E-state index in [0.717, 1.165) is 86.5 Å². The predicted molar refractivity (Wildman–Crippen MR) is 124 cm³/mol. The molecule has 0 spiro atoms. The van der Waals surface area contributed by atoms with Crippen molar-refractivity contribution in [2.24, 2.45) is 0 Å². The number of carbonyl (C=O) groups is 1. The van der Waals surface area contributed by atoms with E-state index in [-0.39, 0.29) is 5.78 Å². The molecule has 3 nitrogen and oxygen atoms in total. The molecule has 0 bridgehead atoms. The van der Waals surface area contributed by atoms with E-state index in [4.69, 9.17) is 0 Å². The number of hydrogen-bond acceptors (Lipinski definition) is 3. The highest BCUT2D eigenvalue weighted by Gasteiger charge is 2.33. The molecular formula is C28H36O3. The van der Waals surface area contributed by atoms with Crippen LogP contribution < -0.4 is 0 Å². The van der Waals surface area contributed by atoms with Gasteiger partial charge in [0.25, 0.3) is 0 Å². The molecule has 2 aliphatic rings. The van der Waals surface area contributed by atoms with Crippen molar-refractivity contribution in [3.8, 4) is 0 Å². The lowest BCUT2D eigenvalue weighted by Crippen LogP contribution is -2.28. The van der Waals surface area contributed by atoms with Gasteiger partial charge in [0, 0.05) is 11.1 Å². The van der Waals surface area contributed by atoms with E-state index < -0.39 is 11.2 Å². The fourth-order valence-electron chi connectivity index (χ4n) is 5.52. The summed E-state index contributed by atoms with van der Waals surface area (Å²) >= 11 is 0. The van der Waals surface area contributed by atoms with E-state index >= 15 is 0 Å². The number of rotatable bonds is 6. The molecule has 0 radical (unpaired) electrons. The molecule has 2 saturated carbocycles. The highest BCUT2D eigenvalue weighted by molar-refractivity contribution is 6.10. The lowest BCUT2D eigenvalue weighted by atomic mass is 9.78. The van der Waals surface area contributed by atoms with Crippen molar-refractivity contribution >= 4 is 5.78 Å². The molecule has 2 aromatic rings. The molecule has 0 unspecified atom stereocenters. The lowest BCUT2D eigenvalue weighted by molar-refractivity contribution is -0.000992. The van der Waals surface area contributed by atoms with Gasteiger partial charge < -0.3 is 10.2 Å². The van der Waals surface area contributed by atoms with Gasteiger partial charge in [-0.3, -0.25) is 4.79 Å². The van der Waals surface area contributed by atoms with Crippen molar-refractivity contribution in [1.29, 1.82) is 0 Å². The molecule has 3 heteroatoms. The monoisotopic (exact) mass is 420 g/mol. The zero-order chi connectivity index (χ0) is 21.9. The molecule has 0 aromatic heterocycles. The summed E-state index contributed by atoms with van der Waals surface area (Å²) in [5.74, 6) is 0.0211. The van der Waals surface area contributed by atoms with E-state index in [0.29, 0.717) is 5.56 Å². The number of ketones is 1. The molecule has 0 atom stereocenters. The van der Waals surface area contributed by atoms with Crippen molar-refractivity contribution in [3.63, 3.8) is 0 Å². The Morgan fingerprint density at radius 2 is 1.29 bits per heavy atom. The average Bonchev–Trinajstić information content (AvgIpc) is 2.80. The van der Waals surface area contributed by atoms with Crippen LogP contribution in [0.3, 0.4) is 0 Å². The summed E-state index contributed by atoms with van der Waals surface area (Å²) in [5.41, 5.74) is 2.80. The minimum absolute atomic E-state index is 0.0211. The highest BCUT2D eigenvalue weighted by atomic mass is 16.3. The Bertz CT molecular complexity index is 900. The van der Waals surface area contributed by atoms with Gasteiger partial charge in [0.2, 0.25) is 0 Å². The summed E-state index contributed by atoms with van der Waals surface area (Å²) < 4.78 is 0. The third-order valence-corrected chi connectivity index (χ3v) is 7.45. The van der Waals surface area contributed by atoms with Crippen LogP contribution in [-0.2, 0) is 17.6 Å². The Hall–Kier alpha value is -1.97. The molecule has 2 aliphatic carbocycles. The number of hydrogen-bond donors (Lipinski definition) is 2. The van der Waals surface area contributed by atoms with Crippen molar-refractivity contribution in [2.75, 3.05) is 0 Å². The maximum atomic E-state index is 13.4. The molecule has 166 valence electrons. The minimum Gasteiger partial charge on any atom is -0.385 e. The van der Waals surface area contributed by atoms with E-state index in [1.807, 2.05) is 36.4 Å². The van der Waals surface area contributed by atoms with E-state index in [1.54, 1.807) is 0 Å². The molecule has 31 heavy (non-hydrogen) atoms. The summed E-state index contributed by atoms with van der Waals surface area (Å²) in [6.45, 7) is 2.12. The fraction of sp³-hybridized carbons (Fsp3) is 0.536. The molecule has 0 heterocycles. The Kier molecular flexibility index (Phi) is 6.64. The second-order valence-electron chi connectivity index (χ2n) is 9.71. The molecule has 2 aromatic carbocycles. The third-order valence-electron chi connectivity index (χ3n) is 7.45. The van der Waals surface area contributed by atoms with Crippen LogP contribution in [0.4, 0.5) is 0 Å². The lowest BCUT2D eigenvalue weighted by Gasteiger charge is -2.33. The van der Waals surface area contributed by atoms with Crippen LogP contribution in [-0.4, -0.2) is 16.0 Å². The van der Waals surface area contributed by atoms with Gasteiger partial charge in [-0.2, -0.15) is 0 Å². The smallest absolute Gasteiger partial charge is 0.193 e. The van der Waals surface area contributed by atoms with Crippen LogP contribution in [0, 0.1) is 0 Å². The molecule has 0 amide bonds. The molecule has 4 rings (SSSR count). The minimum atomic E-state index is -0.751. The maximum Gasteiger partial charge on any atom is 0.193 e. The SMILES string of the molecule is CCCc1cc(C2(O)CCCCC2)ccc1C(=O)c1ccc(C2(O)CCCCC2)cc1. The van der Waals surface area contributed by atoms with Gasteiger partial charge in [0.1, 0.15) is 0 Å². The largest absolute Gasteiger partial charge is 0.385 e. The zero-order valence-electron chi connectivity index (χ0n) is 18.8. The van der Waals surface area contributed by atoms with Gasteiger partial charge in [-0.15, -0.1) is 0 Å². The quantitative estimate of drug-likeness (QED) is 0.549. The Morgan fingerprint density at radius 3 is 1.84 bits per heavy atom. The first-order chi connectivity index (χ1) is 15.0. The van der Waals surface area contributed by atoms with Gasteiger partial charge in [0.15, 0.2) is 5.78 Å². The normalized spacial score (nSPS) is 20.4. The second-order valence-corrected chi connectivity index (χ2v) is 9.71. The van der Waals surface area contributed by atoms with E-state index in [9.17, 15) is 15.0 Å². The molecule has 0 aliphatic heterocycles. The molecular weight excluding hydrogens is 384 g/mol. The summed E-state index contributed by atoms with van der Waals surface area (Å²) in [4.78, 5) is 13.4. The summed E-state index contributed by atoms with van der Waals surface area (Å²) in [5, 5.41) is 22.1. The summed E-state index contributed by atoms with van der Waals surface area (Å²) in [6.07, 6.45) is 11.6. The second kappa shape index (κ2) is 9.26. The van der Waals surface area contributed by atoms with Crippen molar-refractivity contribution in [3.05, 3.63) is 70.3 Å². The average molecular weight is 421 g/mol. The predicted octanol–water partition coefficient (Wildman–Crippen LogP) is 6.17.